The Balaban J connectivity index is 2.89. The summed E-state index contributed by atoms with van der Waals surface area (Å²) in [5.74, 6) is -6.46. The maximum Gasteiger partial charge on any atom is 0.312 e. The van der Waals surface area contributed by atoms with E-state index < -0.39 is 24.0 Å². The first kappa shape index (κ1) is 7.31. The molecular formula is C6H5F3O. The van der Waals surface area contributed by atoms with Gasteiger partial charge < -0.3 is 0 Å². The van der Waals surface area contributed by atoms with Gasteiger partial charge >= 0.3 is 5.92 Å². The SMILES string of the molecule is O=C1C(F)=CCCC1(F)F. The molecule has 1 aliphatic rings. The van der Waals surface area contributed by atoms with Crippen molar-refractivity contribution in [3.8, 4) is 0 Å². The zero-order valence-electron chi connectivity index (χ0n) is 5.03. The molecule has 0 unspecified atom stereocenters. The van der Waals surface area contributed by atoms with E-state index in [1.165, 1.54) is 0 Å². The van der Waals surface area contributed by atoms with Gasteiger partial charge in [0.15, 0.2) is 5.83 Å². The second-order valence-electron chi connectivity index (χ2n) is 2.12. The van der Waals surface area contributed by atoms with E-state index in [0.717, 1.165) is 6.08 Å². The lowest BCUT2D eigenvalue weighted by atomic mass is 10.0. The molecule has 0 heterocycles. The van der Waals surface area contributed by atoms with E-state index in [1.807, 2.05) is 0 Å². The molecule has 56 valence electrons. The smallest absolute Gasteiger partial charge is 0.285 e. The van der Waals surface area contributed by atoms with Gasteiger partial charge in [-0.3, -0.25) is 4.79 Å². The predicted octanol–water partition coefficient (Wildman–Crippen LogP) is 1.84. The molecule has 4 heteroatoms. The summed E-state index contributed by atoms with van der Waals surface area (Å²) in [5, 5.41) is 0. The van der Waals surface area contributed by atoms with E-state index >= 15 is 0 Å². The maximum absolute atomic E-state index is 12.2. The average molecular weight is 150 g/mol. The molecule has 0 saturated heterocycles. The molecule has 0 spiro atoms. The summed E-state index contributed by atoms with van der Waals surface area (Å²) in [4.78, 5) is 10.3. The van der Waals surface area contributed by atoms with Crippen LogP contribution in [-0.2, 0) is 4.79 Å². The second kappa shape index (κ2) is 2.11. The third-order valence-electron chi connectivity index (χ3n) is 1.33. The van der Waals surface area contributed by atoms with E-state index in [-0.39, 0.29) is 6.42 Å². The van der Waals surface area contributed by atoms with Gasteiger partial charge in [0.2, 0.25) is 0 Å². The van der Waals surface area contributed by atoms with Crippen LogP contribution in [0.2, 0.25) is 0 Å². The Morgan fingerprint density at radius 1 is 1.50 bits per heavy atom. The Labute approximate surface area is 55.5 Å². The van der Waals surface area contributed by atoms with Crippen molar-refractivity contribution < 1.29 is 18.0 Å². The summed E-state index contributed by atoms with van der Waals surface area (Å²) < 4.78 is 36.5. The van der Waals surface area contributed by atoms with Gasteiger partial charge in [0.25, 0.3) is 5.78 Å². The van der Waals surface area contributed by atoms with Gasteiger partial charge in [-0.15, -0.1) is 0 Å². The van der Waals surface area contributed by atoms with E-state index in [0.29, 0.717) is 0 Å². The lowest BCUT2D eigenvalue weighted by molar-refractivity contribution is -0.142. The molecule has 10 heavy (non-hydrogen) atoms. The Hall–Kier alpha value is -0.800. The number of rotatable bonds is 0. The highest BCUT2D eigenvalue weighted by molar-refractivity contribution is 5.99. The van der Waals surface area contributed by atoms with Crippen molar-refractivity contribution in [3.05, 3.63) is 11.9 Å². The molecule has 0 fully saturated rings. The molecule has 0 atom stereocenters. The molecule has 0 N–H and O–H groups in total. The third kappa shape index (κ3) is 1.05. The first-order valence-corrected chi connectivity index (χ1v) is 2.82. The summed E-state index contributed by atoms with van der Waals surface area (Å²) in [5.41, 5.74) is 0. The number of alkyl halides is 2. The molecule has 1 rings (SSSR count). The number of halogens is 3. The lowest BCUT2D eigenvalue weighted by Crippen LogP contribution is -2.31. The van der Waals surface area contributed by atoms with Crippen LogP contribution in [0.4, 0.5) is 13.2 Å². The van der Waals surface area contributed by atoms with Gasteiger partial charge in [-0.1, -0.05) is 0 Å². The summed E-state index contributed by atoms with van der Waals surface area (Å²) in [7, 11) is 0. The summed E-state index contributed by atoms with van der Waals surface area (Å²) >= 11 is 0. The topological polar surface area (TPSA) is 17.1 Å². The minimum Gasteiger partial charge on any atom is -0.285 e. The van der Waals surface area contributed by atoms with Crippen LogP contribution in [0.15, 0.2) is 11.9 Å². The van der Waals surface area contributed by atoms with Gasteiger partial charge in [0.1, 0.15) is 0 Å². The molecular weight excluding hydrogens is 145 g/mol. The minimum atomic E-state index is -3.47. The molecule has 0 aromatic carbocycles. The number of hydrogen-bond acceptors (Lipinski definition) is 1. The molecule has 0 amide bonds. The summed E-state index contributed by atoms with van der Waals surface area (Å²) in [6.45, 7) is 0. The number of carbonyl (C=O) groups is 1. The van der Waals surface area contributed by atoms with Crippen LogP contribution in [0, 0.1) is 0 Å². The van der Waals surface area contributed by atoms with E-state index in [2.05, 4.69) is 0 Å². The molecule has 0 bridgehead atoms. The van der Waals surface area contributed by atoms with Gasteiger partial charge in [0, 0.05) is 6.42 Å². The summed E-state index contributed by atoms with van der Waals surface area (Å²) in [6.07, 6.45) is 0.254. The van der Waals surface area contributed by atoms with Crippen molar-refractivity contribution >= 4 is 5.78 Å². The van der Waals surface area contributed by atoms with E-state index in [4.69, 9.17) is 0 Å². The number of ketones is 1. The first-order valence-electron chi connectivity index (χ1n) is 2.82. The number of allylic oxidation sites excluding steroid dienone is 2. The van der Waals surface area contributed by atoms with Crippen LogP contribution in [0.25, 0.3) is 0 Å². The van der Waals surface area contributed by atoms with Crippen LogP contribution in [0.5, 0.6) is 0 Å². The van der Waals surface area contributed by atoms with Gasteiger partial charge in [-0.2, -0.15) is 8.78 Å². The van der Waals surface area contributed by atoms with Gasteiger partial charge in [0.05, 0.1) is 0 Å². The fraction of sp³-hybridized carbons (Fsp3) is 0.500. The van der Waals surface area contributed by atoms with Crippen LogP contribution in [0.3, 0.4) is 0 Å². The zero-order valence-corrected chi connectivity index (χ0v) is 5.03. The van der Waals surface area contributed by atoms with E-state index in [9.17, 15) is 18.0 Å². The van der Waals surface area contributed by atoms with Crippen molar-refractivity contribution in [1.29, 1.82) is 0 Å². The average Bonchev–Trinajstić information content (AvgIpc) is 1.83. The number of carbonyl (C=O) groups excluding carboxylic acids is 1. The molecule has 1 aliphatic carbocycles. The van der Waals surface area contributed by atoms with Crippen molar-refractivity contribution in [1.82, 2.24) is 0 Å². The number of Topliss-reactive ketones (excluding diaryl/α,β-unsaturated/α-hetero) is 1. The first-order chi connectivity index (χ1) is 4.54. The quantitative estimate of drug-likeness (QED) is 0.514. The van der Waals surface area contributed by atoms with Crippen LogP contribution in [0.1, 0.15) is 12.8 Å². The van der Waals surface area contributed by atoms with Crippen molar-refractivity contribution in [3.63, 3.8) is 0 Å². The molecule has 1 nitrogen and oxygen atoms in total. The maximum atomic E-state index is 12.2. The molecule has 0 saturated carbocycles. The van der Waals surface area contributed by atoms with Crippen molar-refractivity contribution in [2.75, 3.05) is 0 Å². The highest BCUT2D eigenvalue weighted by Gasteiger charge is 2.42. The van der Waals surface area contributed by atoms with Crippen LogP contribution in [-0.4, -0.2) is 11.7 Å². The molecule has 0 aromatic heterocycles. The van der Waals surface area contributed by atoms with Crippen molar-refractivity contribution in [2.24, 2.45) is 0 Å². The molecule has 0 aliphatic heterocycles. The highest BCUT2D eigenvalue weighted by atomic mass is 19.3. The fourth-order valence-corrected chi connectivity index (χ4v) is 0.761. The fourth-order valence-electron chi connectivity index (χ4n) is 0.761. The Morgan fingerprint density at radius 3 is 2.50 bits per heavy atom. The lowest BCUT2D eigenvalue weighted by Gasteiger charge is -2.15. The Bertz CT molecular complexity index is 195. The molecule has 0 radical (unpaired) electrons. The normalized spacial score (nSPS) is 24.3. The standard InChI is InChI=1S/C6H5F3O/c7-4-2-1-3-6(8,9)5(4)10/h2H,1,3H2. The highest BCUT2D eigenvalue weighted by Crippen LogP contribution is 2.30. The monoisotopic (exact) mass is 150 g/mol. The van der Waals surface area contributed by atoms with E-state index in [1.54, 1.807) is 0 Å². The summed E-state index contributed by atoms with van der Waals surface area (Å²) in [6, 6.07) is 0. The van der Waals surface area contributed by atoms with Crippen LogP contribution < -0.4 is 0 Å². The largest absolute Gasteiger partial charge is 0.312 e. The Morgan fingerprint density at radius 2 is 2.10 bits per heavy atom. The van der Waals surface area contributed by atoms with Gasteiger partial charge in [-0.25, -0.2) is 4.39 Å². The van der Waals surface area contributed by atoms with Crippen molar-refractivity contribution in [2.45, 2.75) is 18.8 Å². The second-order valence-corrected chi connectivity index (χ2v) is 2.12. The minimum absolute atomic E-state index is 0.0649. The zero-order chi connectivity index (χ0) is 7.78. The third-order valence-corrected chi connectivity index (χ3v) is 1.33. The number of hydrogen-bond donors (Lipinski definition) is 0. The predicted molar refractivity (Wildman–Crippen MR) is 28.4 cm³/mol. The molecule has 0 aromatic rings. The Kier molecular flexibility index (Phi) is 1.54. The van der Waals surface area contributed by atoms with Crippen LogP contribution >= 0.6 is 0 Å². The van der Waals surface area contributed by atoms with Gasteiger partial charge in [-0.05, 0) is 12.5 Å².